The van der Waals surface area contributed by atoms with Gasteiger partial charge in [-0.1, -0.05) is 36.4 Å². The summed E-state index contributed by atoms with van der Waals surface area (Å²) in [4.78, 5) is 30.5. The van der Waals surface area contributed by atoms with Crippen molar-refractivity contribution in [3.8, 4) is 5.75 Å². The number of rotatable bonds is 9. The van der Waals surface area contributed by atoms with Gasteiger partial charge >= 0.3 is 0 Å². The Hall–Kier alpha value is -3.64. The lowest BCUT2D eigenvalue weighted by Crippen LogP contribution is -2.38. The van der Waals surface area contributed by atoms with Crippen molar-refractivity contribution in [3.05, 3.63) is 83.9 Å². The van der Waals surface area contributed by atoms with Crippen LogP contribution in [0, 0.1) is 0 Å². The quantitative estimate of drug-likeness (QED) is 0.375. The second kappa shape index (κ2) is 11.4. The van der Waals surface area contributed by atoms with Gasteiger partial charge in [-0.2, -0.15) is 0 Å². The molecule has 0 bridgehead atoms. The summed E-state index contributed by atoms with van der Waals surface area (Å²) in [5, 5.41) is 2.93. The molecule has 0 saturated heterocycles. The Morgan fingerprint density at radius 3 is 2.22 bits per heavy atom. The van der Waals surface area contributed by atoms with Crippen molar-refractivity contribution in [3.63, 3.8) is 0 Å². The molecule has 6 nitrogen and oxygen atoms in total. The molecular weight excluding hydrogens is 450 g/mol. The van der Waals surface area contributed by atoms with Crippen LogP contribution in [0.3, 0.4) is 0 Å². The van der Waals surface area contributed by atoms with E-state index in [4.69, 9.17) is 4.74 Å². The number of carbonyl (C=O) groups is 2. The number of hydrogen-bond acceptors (Lipinski definition) is 4. The number of ether oxygens (including phenoxy) is 1. The van der Waals surface area contributed by atoms with E-state index in [0.29, 0.717) is 41.3 Å². The zero-order valence-corrected chi connectivity index (χ0v) is 21.5. The Kier molecular flexibility index (Phi) is 8.06. The van der Waals surface area contributed by atoms with Gasteiger partial charge in [0.05, 0.1) is 35.7 Å². The highest BCUT2D eigenvalue weighted by Crippen LogP contribution is 2.38. The minimum Gasteiger partial charge on any atom is -0.494 e. The second-order valence-electron chi connectivity index (χ2n) is 9.67. The van der Waals surface area contributed by atoms with Crippen molar-refractivity contribution in [2.45, 2.75) is 52.6 Å². The number of nitrogens with zero attached hydrogens (tertiary/aromatic N) is 2. The molecule has 0 aliphatic carbocycles. The van der Waals surface area contributed by atoms with Crippen LogP contribution in [-0.4, -0.2) is 41.9 Å². The molecule has 0 unspecified atom stereocenters. The number of fused-ring (bicyclic) bond motifs is 2. The van der Waals surface area contributed by atoms with Crippen LogP contribution < -0.4 is 15.0 Å². The summed E-state index contributed by atoms with van der Waals surface area (Å²) in [6.45, 7) is 10.5. The number of carbonyl (C=O) groups excluding carboxylic acids is 2. The fourth-order valence-corrected chi connectivity index (χ4v) is 4.73. The monoisotopic (exact) mass is 485 g/mol. The zero-order valence-electron chi connectivity index (χ0n) is 21.5. The molecule has 0 spiro atoms. The second-order valence-corrected chi connectivity index (χ2v) is 9.67. The molecule has 1 heterocycles. The smallest absolute Gasteiger partial charge is 0.257 e. The van der Waals surface area contributed by atoms with E-state index < -0.39 is 0 Å². The van der Waals surface area contributed by atoms with Crippen LogP contribution >= 0.6 is 0 Å². The van der Waals surface area contributed by atoms with Crippen molar-refractivity contribution in [1.82, 2.24) is 4.90 Å². The lowest BCUT2D eigenvalue weighted by Gasteiger charge is -2.30. The standard InChI is InChI=1S/C30H35N3O3/c1-21(2)32(22(3)4)18-9-19-36-24-16-14-23(15-17-24)20-29(34)33-27-12-7-5-10-25(27)30(35)31-26-11-6-8-13-28(26)33/h5-8,10-17,21-22H,9,18-20H2,1-4H3,(H,31,35). The number of anilines is 3. The highest BCUT2D eigenvalue weighted by atomic mass is 16.5. The van der Waals surface area contributed by atoms with Crippen molar-refractivity contribution >= 4 is 28.9 Å². The first-order valence-electron chi connectivity index (χ1n) is 12.6. The Morgan fingerprint density at radius 1 is 0.889 bits per heavy atom. The largest absolute Gasteiger partial charge is 0.494 e. The molecular formula is C30H35N3O3. The molecule has 0 radical (unpaired) electrons. The maximum atomic E-state index is 13.6. The Labute approximate surface area is 213 Å². The molecule has 0 saturated carbocycles. The molecule has 188 valence electrons. The van der Waals surface area contributed by atoms with Crippen LogP contribution in [0.15, 0.2) is 72.8 Å². The molecule has 36 heavy (non-hydrogen) atoms. The summed E-state index contributed by atoms with van der Waals surface area (Å²) in [7, 11) is 0. The summed E-state index contributed by atoms with van der Waals surface area (Å²) >= 11 is 0. The van der Waals surface area contributed by atoms with Crippen molar-refractivity contribution in [1.29, 1.82) is 0 Å². The van der Waals surface area contributed by atoms with Crippen molar-refractivity contribution in [2.75, 3.05) is 23.4 Å². The summed E-state index contributed by atoms with van der Waals surface area (Å²) in [5.41, 5.74) is 3.22. The number of hydrogen-bond donors (Lipinski definition) is 1. The summed E-state index contributed by atoms with van der Waals surface area (Å²) in [6.07, 6.45) is 1.16. The van der Waals surface area contributed by atoms with E-state index >= 15 is 0 Å². The third-order valence-corrected chi connectivity index (χ3v) is 6.47. The highest BCUT2D eigenvalue weighted by molar-refractivity contribution is 6.17. The first-order valence-corrected chi connectivity index (χ1v) is 12.6. The molecule has 0 fully saturated rings. The molecule has 6 heteroatoms. The van der Waals surface area contributed by atoms with Gasteiger partial charge in [-0.05, 0) is 76.1 Å². The van der Waals surface area contributed by atoms with E-state index in [2.05, 4.69) is 37.9 Å². The van der Waals surface area contributed by atoms with Gasteiger partial charge < -0.3 is 10.1 Å². The molecule has 2 amide bonds. The fourth-order valence-electron chi connectivity index (χ4n) is 4.73. The van der Waals surface area contributed by atoms with Gasteiger partial charge in [-0.3, -0.25) is 19.4 Å². The van der Waals surface area contributed by atoms with E-state index in [1.165, 1.54) is 0 Å². The van der Waals surface area contributed by atoms with E-state index in [9.17, 15) is 9.59 Å². The van der Waals surface area contributed by atoms with Crippen LogP contribution in [0.2, 0.25) is 0 Å². The molecule has 1 aliphatic rings. The van der Waals surface area contributed by atoms with Gasteiger partial charge in [0.2, 0.25) is 5.91 Å². The maximum absolute atomic E-state index is 13.6. The van der Waals surface area contributed by atoms with Crippen LogP contribution in [-0.2, 0) is 11.2 Å². The van der Waals surface area contributed by atoms with E-state index in [1.807, 2.05) is 60.7 Å². The molecule has 1 aliphatic heterocycles. The summed E-state index contributed by atoms with van der Waals surface area (Å²) in [6, 6.07) is 23.3. The Balaban J connectivity index is 1.43. The van der Waals surface area contributed by atoms with Gasteiger partial charge in [0.15, 0.2) is 0 Å². The molecule has 0 aromatic heterocycles. The number of benzene rings is 3. The lowest BCUT2D eigenvalue weighted by molar-refractivity contribution is -0.117. The predicted molar refractivity (Wildman–Crippen MR) is 145 cm³/mol. The maximum Gasteiger partial charge on any atom is 0.257 e. The van der Waals surface area contributed by atoms with Crippen molar-refractivity contribution in [2.24, 2.45) is 0 Å². The van der Waals surface area contributed by atoms with Gasteiger partial charge in [-0.15, -0.1) is 0 Å². The topological polar surface area (TPSA) is 61.9 Å². The van der Waals surface area contributed by atoms with Gasteiger partial charge in [0.25, 0.3) is 5.91 Å². The third kappa shape index (κ3) is 5.77. The lowest BCUT2D eigenvalue weighted by atomic mass is 10.1. The molecule has 4 rings (SSSR count). The van der Waals surface area contributed by atoms with Gasteiger partial charge in [0.1, 0.15) is 5.75 Å². The van der Waals surface area contributed by atoms with Gasteiger partial charge in [-0.25, -0.2) is 0 Å². The minimum absolute atomic E-state index is 0.109. The first-order chi connectivity index (χ1) is 17.3. The van der Waals surface area contributed by atoms with E-state index in [0.717, 1.165) is 24.3 Å². The summed E-state index contributed by atoms with van der Waals surface area (Å²) < 4.78 is 5.95. The number of para-hydroxylation sites is 3. The number of nitrogens with one attached hydrogen (secondary N) is 1. The zero-order chi connectivity index (χ0) is 25.7. The Morgan fingerprint density at radius 2 is 1.53 bits per heavy atom. The van der Waals surface area contributed by atoms with Crippen LogP contribution in [0.1, 0.15) is 50.0 Å². The molecule has 3 aromatic carbocycles. The average molecular weight is 486 g/mol. The predicted octanol–water partition coefficient (Wildman–Crippen LogP) is 6.05. The van der Waals surface area contributed by atoms with E-state index in [-0.39, 0.29) is 18.2 Å². The van der Waals surface area contributed by atoms with Crippen LogP contribution in [0.4, 0.5) is 17.1 Å². The molecule has 3 aromatic rings. The van der Waals surface area contributed by atoms with E-state index in [1.54, 1.807) is 17.0 Å². The SMILES string of the molecule is CC(C)N(CCCOc1ccc(CC(=O)N2c3ccccc3NC(=O)c3ccccc32)cc1)C(C)C. The highest BCUT2D eigenvalue weighted by Gasteiger charge is 2.28. The van der Waals surface area contributed by atoms with Crippen LogP contribution in [0.5, 0.6) is 5.75 Å². The molecule has 1 N–H and O–H groups in total. The number of amides is 2. The van der Waals surface area contributed by atoms with Crippen molar-refractivity contribution < 1.29 is 14.3 Å². The normalized spacial score (nSPS) is 12.9. The minimum atomic E-state index is -0.222. The Bertz CT molecular complexity index is 1200. The third-order valence-electron chi connectivity index (χ3n) is 6.47. The summed E-state index contributed by atoms with van der Waals surface area (Å²) in [5.74, 6) is 0.467. The average Bonchev–Trinajstić information content (AvgIpc) is 2.98. The molecule has 0 atom stereocenters. The first kappa shape index (κ1) is 25.5. The fraction of sp³-hybridized carbons (Fsp3) is 0.333. The van der Waals surface area contributed by atoms with Crippen LogP contribution in [0.25, 0.3) is 0 Å². The van der Waals surface area contributed by atoms with Gasteiger partial charge in [0, 0.05) is 18.6 Å².